The van der Waals surface area contributed by atoms with Crippen molar-refractivity contribution in [1.82, 2.24) is 15.5 Å². The number of primary amides is 1. The minimum Gasteiger partial charge on any atom is -0.444 e. The molecule has 0 aromatic heterocycles. The maximum Gasteiger partial charge on any atom is 0.407 e. The molecule has 1 heterocycles. The van der Waals surface area contributed by atoms with Crippen molar-refractivity contribution in [2.75, 3.05) is 26.2 Å². The molecule has 1 atom stereocenters. The highest BCUT2D eigenvalue weighted by Crippen LogP contribution is 2.19. The van der Waals surface area contributed by atoms with Crippen LogP contribution in [0.1, 0.15) is 49.5 Å². The molecule has 1 fully saturated rings. The zero-order valence-corrected chi connectivity index (χ0v) is 17.5. The minimum absolute atomic E-state index is 0.00780. The van der Waals surface area contributed by atoms with Crippen molar-refractivity contribution in [2.45, 2.75) is 45.8 Å². The van der Waals surface area contributed by atoms with E-state index in [4.69, 9.17) is 10.5 Å². The zero-order chi connectivity index (χ0) is 21.4. The number of ether oxygens (including phenoxy) is 1. The van der Waals surface area contributed by atoms with E-state index < -0.39 is 17.6 Å². The molecule has 4 N–H and O–H groups in total. The topological polar surface area (TPSA) is 114 Å². The number of carbonyl (C=O) groups is 3. The number of piperidine rings is 1. The van der Waals surface area contributed by atoms with Crippen LogP contribution in [-0.2, 0) is 16.1 Å². The predicted molar refractivity (Wildman–Crippen MR) is 110 cm³/mol. The van der Waals surface area contributed by atoms with Crippen LogP contribution in [0.2, 0.25) is 0 Å². The Bertz CT molecular complexity index is 730. The van der Waals surface area contributed by atoms with Crippen LogP contribution in [-0.4, -0.2) is 54.6 Å². The molecule has 1 unspecified atom stereocenters. The molecule has 2 rings (SSSR count). The van der Waals surface area contributed by atoms with Crippen LogP contribution in [0.3, 0.4) is 0 Å². The van der Waals surface area contributed by atoms with E-state index >= 15 is 0 Å². The molecular formula is C21H32N4O4. The number of benzene rings is 1. The Morgan fingerprint density at radius 2 is 1.93 bits per heavy atom. The first-order chi connectivity index (χ1) is 13.6. The number of hydrogen-bond donors (Lipinski definition) is 3. The third-order valence-corrected chi connectivity index (χ3v) is 4.59. The van der Waals surface area contributed by atoms with Gasteiger partial charge in [-0.25, -0.2) is 4.79 Å². The highest BCUT2D eigenvalue weighted by atomic mass is 16.6. The van der Waals surface area contributed by atoms with Crippen LogP contribution < -0.4 is 16.4 Å². The fraction of sp³-hybridized carbons (Fsp3) is 0.571. The van der Waals surface area contributed by atoms with E-state index in [0.29, 0.717) is 31.7 Å². The summed E-state index contributed by atoms with van der Waals surface area (Å²) in [6, 6.07) is 7.28. The van der Waals surface area contributed by atoms with Crippen LogP contribution in [0.4, 0.5) is 4.79 Å². The smallest absolute Gasteiger partial charge is 0.407 e. The van der Waals surface area contributed by atoms with E-state index in [1.54, 1.807) is 32.9 Å². The number of nitrogens with two attached hydrogens (primary N) is 1. The number of amides is 3. The summed E-state index contributed by atoms with van der Waals surface area (Å²) in [5.41, 5.74) is 6.29. The highest BCUT2D eigenvalue weighted by molar-refractivity contribution is 5.92. The second kappa shape index (κ2) is 10.2. The van der Waals surface area contributed by atoms with Crippen LogP contribution in [0.25, 0.3) is 0 Å². The van der Waals surface area contributed by atoms with Crippen molar-refractivity contribution in [1.29, 1.82) is 0 Å². The molecule has 1 aliphatic rings. The number of hydrogen-bond acceptors (Lipinski definition) is 5. The lowest BCUT2D eigenvalue weighted by Gasteiger charge is -2.32. The van der Waals surface area contributed by atoms with Gasteiger partial charge in [0.15, 0.2) is 0 Å². The summed E-state index contributed by atoms with van der Waals surface area (Å²) in [4.78, 5) is 37.6. The Morgan fingerprint density at radius 3 is 2.62 bits per heavy atom. The number of nitrogens with zero attached hydrogens (tertiary/aromatic N) is 1. The van der Waals surface area contributed by atoms with Gasteiger partial charge in [0.1, 0.15) is 5.60 Å². The van der Waals surface area contributed by atoms with E-state index in [1.807, 2.05) is 12.1 Å². The number of nitrogens with one attached hydrogen (secondary N) is 2. The van der Waals surface area contributed by atoms with Gasteiger partial charge in [-0.1, -0.05) is 12.1 Å². The monoisotopic (exact) mass is 404 g/mol. The lowest BCUT2D eigenvalue weighted by Crippen LogP contribution is -2.44. The third kappa shape index (κ3) is 8.11. The summed E-state index contributed by atoms with van der Waals surface area (Å²) in [6.07, 6.45) is 1.28. The molecule has 8 nitrogen and oxygen atoms in total. The van der Waals surface area contributed by atoms with E-state index in [2.05, 4.69) is 15.5 Å². The van der Waals surface area contributed by atoms with Crippen LogP contribution >= 0.6 is 0 Å². The number of alkyl carbamates (subject to hydrolysis) is 1. The largest absolute Gasteiger partial charge is 0.444 e. The van der Waals surface area contributed by atoms with Gasteiger partial charge in [0.25, 0.3) is 0 Å². The molecule has 1 aromatic carbocycles. The first-order valence-corrected chi connectivity index (χ1v) is 10.00. The van der Waals surface area contributed by atoms with Crippen molar-refractivity contribution < 1.29 is 19.1 Å². The van der Waals surface area contributed by atoms with Crippen molar-refractivity contribution in [2.24, 2.45) is 11.7 Å². The van der Waals surface area contributed by atoms with E-state index in [1.165, 1.54) is 0 Å². The van der Waals surface area contributed by atoms with Crippen LogP contribution in [0, 0.1) is 5.92 Å². The highest BCUT2D eigenvalue weighted by Gasteiger charge is 2.25. The Kier molecular flexibility index (Phi) is 8.01. The third-order valence-electron chi connectivity index (χ3n) is 4.59. The second-order valence-corrected chi connectivity index (χ2v) is 8.36. The lowest BCUT2D eigenvalue weighted by atomic mass is 9.96. The fourth-order valence-corrected chi connectivity index (χ4v) is 3.30. The summed E-state index contributed by atoms with van der Waals surface area (Å²) in [5, 5.41) is 5.51. The van der Waals surface area contributed by atoms with Crippen molar-refractivity contribution >= 4 is 17.9 Å². The molecule has 1 aromatic rings. The maximum absolute atomic E-state index is 12.5. The zero-order valence-electron chi connectivity index (χ0n) is 17.5. The van der Waals surface area contributed by atoms with E-state index in [0.717, 1.165) is 24.9 Å². The Morgan fingerprint density at radius 1 is 1.21 bits per heavy atom. The molecule has 0 spiro atoms. The van der Waals surface area contributed by atoms with Gasteiger partial charge in [0.2, 0.25) is 11.8 Å². The summed E-state index contributed by atoms with van der Waals surface area (Å²) < 4.78 is 5.16. The first-order valence-electron chi connectivity index (χ1n) is 10.00. The summed E-state index contributed by atoms with van der Waals surface area (Å²) in [5.74, 6) is -0.543. The van der Waals surface area contributed by atoms with E-state index in [9.17, 15) is 14.4 Å². The Labute approximate surface area is 172 Å². The summed E-state index contributed by atoms with van der Waals surface area (Å²) in [7, 11) is 0. The van der Waals surface area contributed by atoms with Gasteiger partial charge >= 0.3 is 6.09 Å². The number of carbonyl (C=O) groups excluding carboxylic acids is 3. The van der Waals surface area contributed by atoms with Crippen molar-refractivity contribution in [3.05, 3.63) is 35.4 Å². The quantitative estimate of drug-likeness (QED) is 0.598. The molecule has 0 saturated carbocycles. The molecule has 1 aliphatic heterocycles. The molecule has 0 aliphatic carbocycles. The van der Waals surface area contributed by atoms with Gasteiger partial charge in [-0.3, -0.25) is 14.5 Å². The minimum atomic E-state index is -0.546. The van der Waals surface area contributed by atoms with Gasteiger partial charge in [-0.2, -0.15) is 0 Å². The van der Waals surface area contributed by atoms with Gasteiger partial charge in [0.05, 0.1) is 5.92 Å². The van der Waals surface area contributed by atoms with Gasteiger partial charge in [-0.05, 0) is 57.9 Å². The molecule has 160 valence electrons. The van der Waals surface area contributed by atoms with Crippen LogP contribution in [0.5, 0.6) is 0 Å². The second-order valence-electron chi connectivity index (χ2n) is 8.36. The lowest BCUT2D eigenvalue weighted by molar-refractivity contribution is -0.126. The normalized spacial score (nSPS) is 17.4. The Hall–Kier alpha value is -2.61. The molecule has 29 heavy (non-hydrogen) atoms. The molecular weight excluding hydrogens is 372 g/mol. The van der Waals surface area contributed by atoms with Gasteiger partial charge < -0.3 is 21.1 Å². The first kappa shape index (κ1) is 22.7. The van der Waals surface area contributed by atoms with Gasteiger partial charge in [-0.15, -0.1) is 0 Å². The van der Waals surface area contributed by atoms with Crippen molar-refractivity contribution in [3.63, 3.8) is 0 Å². The number of likely N-dealkylation sites (tertiary alicyclic amines) is 1. The SMILES string of the molecule is CC(C)(C)OC(=O)NCCNC(=O)C1CCCN(Cc2cccc(C(N)=O)c2)C1. The molecule has 0 bridgehead atoms. The Balaban J connectivity index is 1.75. The van der Waals surface area contributed by atoms with Gasteiger partial charge in [0, 0.05) is 31.7 Å². The maximum atomic E-state index is 12.5. The average molecular weight is 405 g/mol. The van der Waals surface area contributed by atoms with Crippen LogP contribution in [0.15, 0.2) is 24.3 Å². The molecule has 8 heteroatoms. The average Bonchev–Trinajstić information content (AvgIpc) is 2.64. The molecule has 1 saturated heterocycles. The summed E-state index contributed by atoms with van der Waals surface area (Å²) in [6.45, 7) is 8.31. The predicted octanol–water partition coefficient (Wildman–Crippen LogP) is 1.64. The van der Waals surface area contributed by atoms with Crippen molar-refractivity contribution in [3.8, 4) is 0 Å². The van der Waals surface area contributed by atoms with E-state index in [-0.39, 0.29) is 11.8 Å². The molecule has 0 radical (unpaired) electrons. The number of rotatable bonds is 7. The fourth-order valence-electron chi connectivity index (χ4n) is 3.30. The molecule has 3 amide bonds. The summed E-state index contributed by atoms with van der Waals surface area (Å²) >= 11 is 0. The standard InChI is InChI=1S/C21H32N4O4/c1-21(2,3)29-20(28)24-10-9-23-19(27)17-8-5-11-25(14-17)13-15-6-4-7-16(12-15)18(22)26/h4,6-7,12,17H,5,8-11,13-14H2,1-3H3,(H2,22,26)(H,23,27)(H,24,28).